The van der Waals surface area contributed by atoms with Crippen molar-refractivity contribution < 1.29 is 4.79 Å². The molecular formula is C25H22N4O2. The van der Waals surface area contributed by atoms with Crippen molar-refractivity contribution in [2.45, 2.75) is 19.8 Å². The molecule has 154 valence electrons. The molecule has 2 aromatic heterocycles. The van der Waals surface area contributed by atoms with Gasteiger partial charge in [-0.25, -0.2) is 9.97 Å². The summed E-state index contributed by atoms with van der Waals surface area (Å²) in [7, 11) is 0. The summed E-state index contributed by atoms with van der Waals surface area (Å²) >= 11 is 0. The van der Waals surface area contributed by atoms with Gasteiger partial charge in [-0.1, -0.05) is 49.4 Å². The maximum Gasteiger partial charge on any atom is 0.271 e. The third kappa shape index (κ3) is 4.93. The minimum absolute atomic E-state index is 0.174. The van der Waals surface area contributed by atoms with E-state index in [1.165, 1.54) is 5.56 Å². The van der Waals surface area contributed by atoms with Gasteiger partial charge in [0.25, 0.3) is 11.5 Å². The highest BCUT2D eigenvalue weighted by Gasteiger charge is 2.11. The molecule has 0 unspecified atom stereocenters. The standard InChI is InChI=1S/C25H22N4O2/c1-2-23-26-13-12-21(28-23)20-15-22(25(31)27-16-20)29-24(30)19-10-8-18(9-11-19)14-17-6-4-3-5-7-17/h3-13,15-16H,2,14H2,1H3,(H,27,31)(H,29,30). The number of aromatic amines is 1. The summed E-state index contributed by atoms with van der Waals surface area (Å²) < 4.78 is 0. The van der Waals surface area contributed by atoms with Crippen LogP contribution < -0.4 is 10.9 Å². The Labute approximate surface area is 180 Å². The second-order valence-electron chi connectivity index (χ2n) is 7.16. The summed E-state index contributed by atoms with van der Waals surface area (Å²) in [6, 6.07) is 20.9. The predicted octanol–water partition coefficient (Wildman–Crippen LogP) is 4.24. The van der Waals surface area contributed by atoms with Crippen molar-refractivity contribution in [3.8, 4) is 11.3 Å². The van der Waals surface area contributed by atoms with E-state index in [2.05, 4.69) is 32.4 Å². The van der Waals surface area contributed by atoms with Crippen molar-refractivity contribution in [1.29, 1.82) is 0 Å². The molecule has 2 heterocycles. The number of anilines is 1. The van der Waals surface area contributed by atoms with Crippen LogP contribution in [-0.4, -0.2) is 20.9 Å². The Balaban J connectivity index is 1.51. The second-order valence-corrected chi connectivity index (χ2v) is 7.16. The van der Waals surface area contributed by atoms with Crippen LogP contribution in [0.25, 0.3) is 11.3 Å². The molecule has 4 rings (SSSR count). The van der Waals surface area contributed by atoms with E-state index in [1.807, 2.05) is 37.3 Å². The Kier molecular flexibility index (Phi) is 5.98. The molecule has 2 N–H and O–H groups in total. The van der Waals surface area contributed by atoms with Gasteiger partial charge < -0.3 is 10.3 Å². The van der Waals surface area contributed by atoms with E-state index in [-0.39, 0.29) is 17.2 Å². The molecule has 0 spiro atoms. The van der Waals surface area contributed by atoms with Gasteiger partial charge in [0.1, 0.15) is 11.5 Å². The third-order valence-corrected chi connectivity index (χ3v) is 4.94. The van der Waals surface area contributed by atoms with Gasteiger partial charge in [-0.2, -0.15) is 0 Å². The lowest BCUT2D eigenvalue weighted by molar-refractivity contribution is 0.102. The zero-order chi connectivity index (χ0) is 21.6. The van der Waals surface area contributed by atoms with E-state index in [0.29, 0.717) is 29.1 Å². The molecule has 0 aliphatic carbocycles. The number of carbonyl (C=O) groups is 1. The van der Waals surface area contributed by atoms with Crippen LogP contribution in [-0.2, 0) is 12.8 Å². The Bertz CT molecular complexity index is 1250. The Morgan fingerprint density at radius 2 is 1.74 bits per heavy atom. The van der Waals surface area contributed by atoms with Gasteiger partial charge in [-0.05, 0) is 41.8 Å². The fourth-order valence-electron chi connectivity index (χ4n) is 3.25. The highest BCUT2D eigenvalue weighted by atomic mass is 16.2. The van der Waals surface area contributed by atoms with Crippen LogP contribution in [0.3, 0.4) is 0 Å². The third-order valence-electron chi connectivity index (χ3n) is 4.94. The molecule has 0 fully saturated rings. The molecule has 0 saturated carbocycles. The molecule has 0 aliphatic rings. The van der Waals surface area contributed by atoms with E-state index in [0.717, 1.165) is 12.0 Å². The summed E-state index contributed by atoms with van der Waals surface area (Å²) in [5, 5.41) is 2.71. The van der Waals surface area contributed by atoms with Gasteiger partial charge in [0.2, 0.25) is 0 Å². The van der Waals surface area contributed by atoms with E-state index in [4.69, 9.17) is 0 Å². The van der Waals surface area contributed by atoms with Crippen molar-refractivity contribution >= 4 is 11.6 Å². The Hall–Kier alpha value is -4.06. The first-order valence-electron chi connectivity index (χ1n) is 10.1. The quantitative estimate of drug-likeness (QED) is 0.498. The van der Waals surface area contributed by atoms with E-state index in [1.54, 1.807) is 36.7 Å². The molecule has 2 aromatic carbocycles. The average molecular weight is 410 g/mol. The lowest BCUT2D eigenvalue weighted by Crippen LogP contribution is -2.19. The highest BCUT2D eigenvalue weighted by molar-refractivity contribution is 6.04. The molecule has 6 nitrogen and oxygen atoms in total. The zero-order valence-corrected chi connectivity index (χ0v) is 17.1. The molecular weight excluding hydrogens is 388 g/mol. The number of amides is 1. The van der Waals surface area contributed by atoms with E-state index < -0.39 is 0 Å². The maximum atomic E-state index is 12.7. The number of nitrogens with zero attached hydrogens (tertiary/aromatic N) is 2. The number of aryl methyl sites for hydroxylation is 1. The fraction of sp³-hybridized carbons (Fsp3) is 0.120. The van der Waals surface area contributed by atoms with Gasteiger partial charge in [-0.3, -0.25) is 9.59 Å². The number of aromatic nitrogens is 3. The number of pyridine rings is 1. The second kappa shape index (κ2) is 9.17. The van der Waals surface area contributed by atoms with Crippen LogP contribution in [0.2, 0.25) is 0 Å². The summed E-state index contributed by atoms with van der Waals surface area (Å²) in [6.07, 6.45) is 4.77. The molecule has 6 heteroatoms. The molecule has 0 radical (unpaired) electrons. The number of nitrogens with one attached hydrogen (secondary N) is 2. The van der Waals surface area contributed by atoms with Crippen LogP contribution in [0.1, 0.15) is 34.2 Å². The number of hydrogen-bond donors (Lipinski definition) is 2. The Morgan fingerprint density at radius 1 is 1.00 bits per heavy atom. The van der Waals surface area contributed by atoms with Crippen molar-refractivity contribution in [1.82, 2.24) is 15.0 Å². The predicted molar refractivity (Wildman–Crippen MR) is 121 cm³/mol. The maximum absolute atomic E-state index is 12.7. The summed E-state index contributed by atoms with van der Waals surface area (Å²) in [5.41, 5.74) is 3.98. The van der Waals surface area contributed by atoms with Crippen LogP contribution in [0.15, 0.2) is 83.9 Å². The SMILES string of the molecule is CCc1nccc(-c2c[nH]c(=O)c(NC(=O)c3ccc(Cc4ccccc4)cc3)c2)n1. The lowest BCUT2D eigenvalue weighted by atomic mass is 10.0. The first-order chi connectivity index (χ1) is 15.1. The lowest BCUT2D eigenvalue weighted by Gasteiger charge is -2.08. The average Bonchev–Trinajstić information content (AvgIpc) is 2.81. The number of rotatable bonds is 6. The van der Waals surface area contributed by atoms with Gasteiger partial charge in [0.05, 0.1) is 5.69 Å². The largest absolute Gasteiger partial charge is 0.327 e. The van der Waals surface area contributed by atoms with Gasteiger partial charge >= 0.3 is 0 Å². The van der Waals surface area contributed by atoms with Crippen LogP contribution in [0, 0.1) is 0 Å². The number of carbonyl (C=O) groups excluding carboxylic acids is 1. The number of H-pyrrole nitrogens is 1. The van der Waals surface area contributed by atoms with Crippen LogP contribution >= 0.6 is 0 Å². The molecule has 1 amide bonds. The van der Waals surface area contributed by atoms with Crippen molar-refractivity contribution in [3.63, 3.8) is 0 Å². The molecule has 0 atom stereocenters. The zero-order valence-electron chi connectivity index (χ0n) is 17.1. The van der Waals surface area contributed by atoms with Crippen molar-refractivity contribution in [2.75, 3.05) is 5.32 Å². The van der Waals surface area contributed by atoms with Crippen molar-refractivity contribution in [2.24, 2.45) is 0 Å². The smallest absolute Gasteiger partial charge is 0.271 e. The first kappa shape index (κ1) is 20.2. The molecule has 0 saturated heterocycles. The van der Waals surface area contributed by atoms with Gasteiger partial charge in [0.15, 0.2) is 0 Å². The topological polar surface area (TPSA) is 87.7 Å². The van der Waals surface area contributed by atoms with Crippen molar-refractivity contribution in [3.05, 3.63) is 112 Å². The molecule has 0 bridgehead atoms. The van der Waals surface area contributed by atoms with Crippen LogP contribution in [0.4, 0.5) is 5.69 Å². The number of benzene rings is 2. The Morgan fingerprint density at radius 3 is 2.48 bits per heavy atom. The first-order valence-corrected chi connectivity index (χ1v) is 10.1. The number of hydrogen-bond acceptors (Lipinski definition) is 4. The molecule has 0 aliphatic heterocycles. The monoisotopic (exact) mass is 410 g/mol. The normalized spacial score (nSPS) is 10.6. The summed E-state index contributed by atoms with van der Waals surface area (Å²) in [6.45, 7) is 1.97. The minimum atomic E-state index is -0.373. The van der Waals surface area contributed by atoms with E-state index >= 15 is 0 Å². The highest BCUT2D eigenvalue weighted by Crippen LogP contribution is 2.18. The molecule has 4 aromatic rings. The van der Waals surface area contributed by atoms with Gasteiger partial charge in [-0.15, -0.1) is 0 Å². The molecule has 31 heavy (non-hydrogen) atoms. The summed E-state index contributed by atoms with van der Waals surface area (Å²) in [5.74, 6) is 0.371. The van der Waals surface area contributed by atoms with Gasteiger partial charge in [0, 0.05) is 29.9 Å². The fourth-order valence-corrected chi connectivity index (χ4v) is 3.25. The van der Waals surface area contributed by atoms with Crippen LogP contribution in [0.5, 0.6) is 0 Å². The summed E-state index contributed by atoms with van der Waals surface area (Å²) in [4.78, 5) is 36.3. The van der Waals surface area contributed by atoms with E-state index in [9.17, 15) is 9.59 Å². The minimum Gasteiger partial charge on any atom is -0.327 e.